The van der Waals surface area contributed by atoms with Gasteiger partial charge in [-0.2, -0.15) is 0 Å². The first-order valence-corrected chi connectivity index (χ1v) is 9.99. The second-order valence-corrected chi connectivity index (χ2v) is 8.16. The van der Waals surface area contributed by atoms with Crippen molar-refractivity contribution >= 4 is 16.7 Å². The van der Waals surface area contributed by atoms with Crippen LogP contribution in [0, 0.1) is 5.92 Å². The Kier molecular flexibility index (Phi) is 3.94. The van der Waals surface area contributed by atoms with Crippen LogP contribution in [0.1, 0.15) is 37.9 Å². The van der Waals surface area contributed by atoms with Gasteiger partial charge in [0.25, 0.3) is 0 Å². The number of aromatic nitrogens is 2. The summed E-state index contributed by atoms with van der Waals surface area (Å²) in [6, 6.07) is 6.95. The Bertz CT molecular complexity index is 765. The third-order valence-electron chi connectivity index (χ3n) is 6.58. The van der Waals surface area contributed by atoms with Crippen molar-refractivity contribution in [3.63, 3.8) is 0 Å². The molecule has 2 saturated heterocycles. The van der Waals surface area contributed by atoms with E-state index in [0.29, 0.717) is 0 Å². The van der Waals surface area contributed by atoms with Gasteiger partial charge in [-0.25, -0.2) is 4.98 Å². The molecule has 0 spiro atoms. The van der Waals surface area contributed by atoms with Gasteiger partial charge >= 0.3 is 0 Å². The second kappa shape index (κ2) is 6.29. The van der Waals surface area contributed by atoms with Gasteiger partial charge in [-0.1, -0.05) is 6.42 Å². The molecule has 2 aromatic rings. The molecule has 2 atom stereocenters. The Balaban J connectivity index is 1.32. The van der Waals surface area contributed by atoms with Gasteiger partial charge in [-0.05, 0) is 62.9 Å². The van der Waals surface area contributed by atoms with Crippen LogP contribution in [-0.2, 0) is 13.1 Å². The SMILES string of the molecule is Nc1ccc2c(c1)nc1n2CCN(C[C@@H]2CCCN3CCCC[C@@H]23)C1. The van der Waals surface area contributed by atoms with Gasteiger partial charge in [0.15, 0.2) is 0 Å². The van der Waals surface area contributed by atoms with Crippen LogP contribution in [-0.4, -0.2) is 51.6 Å². The van der Waals surface area contributed by atoms with Crippen molar-refractivity contribution in [1.82, 2.24) is 19.4 Å². The number of benzene rings is 1. The summed E-state index contributed by atoms with van der Waals surface area (Å²) in [6.07, 6.45) is 7.03. The predicted molar refractivity (Wildman–Crippen MR) is 101 cm³/mol. The molecule has 0 amide bonds. The van der Waals surface area contributed by atoms with E-state index in [1.807, 2.05) is 12.1 Å². The highest BCUT2D eigenvalue weighted by Crippen LogP contribution is 2.32. The molecule has 2 fully saturated rings. The van der Waals surface area contributed by atoms with E-state index >= 15 is 0 Å². The average molecular weight is 339 g/mol. The molecule has 5 rings (SSSR count). The highest BCUT2D eigenvalue weighted by atomic mass is 15.3. The van der Waals surface area contributed by atoms with Crippen molar-refractivity contribution in [3.8, 4) is 0 Å². The third-order valence-corrected chi connectivity index (χ3v) is 6.58. The summed E-state index contributed by atoms with van der Waals surface area (Å²) in [7, 11) is 0. The molecule has 2 N–H and O–H groups in total. The minimum Gasteiger partial charge on any atom is -0.399 e. The summed E-state index contributed by atoms with van der Waals surface area (Å²) in [5, 5.41) is 0. The zero-order valence-electron chi connectivity index (χ0n) is 15.0. The van der Waals surface area contributed by atoms with Crippen molar-refractivity contribution in [2.75, 3.05) is 31.9 Å². The van der Waals surface area contributed by atoms with Crippen LogP contribution >= 0.6 is 0 Å². The van der Waals surface area contributed by atoms with Gasteiger partial charge in [0.05, 0.1) is 17.6 Å². The van der Waals surface area contributed by atoms with Gasteiger partial charge in [-0.3, -0.25) is 4.90 Å². The molecule has 5 heteroatoms. The molecule has 1 aromatic heterocycles. The minimum absolute atomic E-state index is 0.805. The number of nitrogen functional groups attached to an aromatic ring is 1. The van der Waals surface area contributed by atoms with E-state index in [4.69, 9.17) is 10.7 Å². The molecular formula is C20H29N5. The predicted octanol–water partition coefficient (Wildman–Crippen LogP) is 2.70. The maximum Gasteiger partial charge on any atom is 0.124 e. The van der Waals surface area contributed by atoms with Gasteiger partial charge in [0.1, 0.15) is 5.82 Å². The van der Waals surface area contributed by atoms with Crippen molar-refractivity contribution in [1.29, 1.82) is 0 Å². The zero-order chi connectivity index (χ0) is 16.8. The lowest BCUT2D eigenvalue weighted by Crippen LogP contribution is -2.51. The first kappa shape index (κ1) is 15.6. The molecule has 3 aliphatic rings. The maximum atomic E-state index is 5.93. The average Bonchev–Trinajstić information content (AvgIpc) is 2.98. The summed E-state index contributed by atoms with van der Waals surface area (Å²) in [6.45, 7) is 7.09. The zero-order valence-corrected chi connectivity index (χ0v) is 15.0. The van der Waals surface area contributed by atoms with Gasteiger partial charge in [0, 0.05) is 31.4 Å². The fourth-order valence-electron chi connectivity index (χ4n) is 5.37. The van der Waals surface area contributed by atoms with E-state index in [1.54, 1.807) is 0 Å². The molecule has 25 heavy (non-hydrogen) atoms. The molecule has 5 nitrogen and oxygen atoms in total. The number of imidazole rings is 1. The molecular weight excluding hydrogens is 310 g/mol. The molecule has 0 saturated carbocycles. The lowest BCUT2D eigenvalue weighted by Gasteiger charge is -2.46. The Labute approximate surface area is 149 Å². The Morgan fingerprint density at radius 2 is 1.96 bits per heavy atom. The molecule has 0 radical (unpaired) electrons. The van der Waals surface area contributed by atoms with Gasteiger partial charge in [-0.15, -0.1) is 0 Å². The molecule has 0 bridgehead atoms. The first-order chi connectivity index (χ1) is 12.3. The van der Waals surface area contributed by atoms with Gasteiger partial charge in [0.2, 0.25) is 0 Å². The normalized spacial score (nSPS) is 28.0. The van der Waals surface area contributed by atoms with Crippen LogP contribution in [0.15, 0.2) is 18.2 Å². The lowest BCUT2D eigenvalue weighted by atomic mass is 9.83. The van der Waals surface area contributed by atoms with Crippen LogP contribution in [0.4, 0.5) is 5.69 Å². The second-order valence-electron chi connectivity index (χ2n) is 8.16. The monoisotopic (exact) mass is 339 g/mol. The number of nitrogens with zero attached hydrogens (tertiary/aromatic N) is 4. The highest BCUT2D eigenvalue weighted by Gasteiger charge is 2.34. The van der Waals surface area contributed by atoms with Crippen molar-refractivity contribution in [2.45, 2.75) is 51.2 Å². The Morgan fingerprint density at radius 1 is 1.04 bits per heavy atom. The number of hydrogen-bond donors (Lipinski definition) is 1. The standard InChI is InChI=1S/C20H29N5/c21-16-6-7-19-17(12-16)22-20-14-23(10-11-25(19)20)13-15-4-3-9-24-8-2-1-5-18(15)24/h6-7,12,15,18H,1-5,8-11,13-14,21H2/t15-,18-/m0/s1. The third kappa shape index (κ3) is 2.83. The van der Waals surface area contributed by atoms with Crippen molar-refractivity contribution in [3.05, 3.63) is 24.0 Å². The van der Waals surface area contributed by atoms with E-state index in [9.17, 15) is 0 Å². The fraction of sp³-hybridized carbons (Fsp3) is 0.650. The van der Waals surface area contributed by atoms with Crippen LogP contribution in [0.2, 0.25) is 0 Å². The highest BCUT2D eigenvalue weighted by molar-refractivity contribution is 5.79. The van der Waals surface area contributed by atoms with Crippen molar-refractivity contribution in [2.24, 2.45) is 5.92 Å². The first-order valence-electron chi connectivity index (χ1n) is 9.99. The smallest absolute Gasteiger partial charge is 0.124 e. The number of nitrogens with two attached hydrogens (primary N) is 1. The number of rotatable bonds is 2. The molecule has 0 unspecified atom stereocenters. The van der Waals surface area contributed by atoms with E-state index in [2.05, 4.69) is 20.4 Å². The molecule has 134 valence electrons. The molecule has 3 aliphatic heterocycles. The summed E-state index contributed by atoms with van der Waals surface area (Å²) in [4.78, 5) is 10.3. The summed E-state index contributed by atoms with van der Waals surface area (Å²) in [5.41, 5.74) is 9.02. The summed E-state index contributed by atoms with van der Waals surface area (Å²) < 4.78 is 2.39. The molecule has 1 aromatic carbocycles. The van der Waals surface area contributed by atoms with Crippen LogP contribution in [0.5, 0.6) is 0 Å². The van der Waals surface area contributed by atoms with E-state index in [-0.39, 0.29) is 0 Å². The molecule has 4 heterocycles. The number of hydrogen-bond acceptors (Lipinski definition) is 4. The summed E-state index contributed by atoms with van der Waals surface area (Å²) in [5.74, 6) is 2.06. The van der Waals surface area contributed by atoms with Gasteiger partial charge < -0.3 is 15.2 Å². The maximum absolute atomic E-state index is 5.93. The topological polar surface area (TPSA) is 50.3 Å². The molecule has 0 aliphatic carbocycles. The Morgan fingerprint density at radius 3 is 2.92 bits per heavy atom. The van der Waals surface area contributed by atoms with Crippen LogP contribution in [0.3, 0.4) is 0 Å². The van der Waals surface area contributed by atoms with E-state index in [0.717, 1.165) is 42.8 Å². The van der Waals surface area contributed by atoms with E-state index < -0.39 is 0 Å². The van der Waals surface area contributed by atoms with E-state index in [1.165, 1.54) is 63.1 Å². The fourth-order valence-corrected chi connectivity index (χ4v) is 5.37. The summed E-state index contributed by atoms with van der Waals surface area (Å²) >= 11 is 0. The largest absolute Gasteiger partial charge is 0.399 e. The van der Waals surface area contributed by atoms with Crippen molar-refractivity contribution < 1.29 is 0 Å². The lowest BCUT2D eigenvalue weighted by molar-refractivity contribution is 0.0353. The van der Waals surface area contributed by atoms with Crippen LogP contribution in [0.25, 0.3) is 11.0 Å². The quantitative estimate of drug-likeness (QED) is 0.855. The number of anilines is 1. The van der Waals surface area contributed by atoms with Crippen LogP contribution < -0.4 is 5.73 Å². The minimum atomic E-state index is 0.805. The Hall–Kier alpha value is -1.59. The number of fused-ring (bicyclic) bond motifs is 4. The number of piperidine rings is 2.